The molecule has 6 nitrogen and oxygen atoms in total. The summed E-state index contributed by atoms with van der Waals surface area (Å²) < 4.78 is 5.07. The molecule has 2 aliphatic rings. The molecule has 0 radical (unpaired) electrons. The van der Waals surface area contributed by atoms with Gasteiger partial charge in [-0.15, -0.1) is 0 Å². The van der Waals surface area contributed by atoms with Gasteiger partial charge in [0, 0.05) is 51.7 Å². The van der Waals surface area contributed by atoms with Crippen LogP contribution in [0.25, 0.3) is 0 Å². The zero-order valence-corrected chi connectivity index (χ0v) is 17.3. The number of ether oxygens (including phenoxy) is 1. The fourth-order valence-electron chi connectivity index (χ4n) is 4.64. The monoisotopic (exact) mass is 388 g/mol. The molecule has 1 unspecified atom stereocenters. The van der Waals surface area contributed by atoms with Crippen LogP contribution in [0.2, 0.25) is 0 Å². The number of methoxy groups -OCH3 is 1. The standard InChI is InChI=1S/C22H36N4O2/c1-28-14-12-24-22(27)26(16-19-7-5-11-23-15-19)18-20-8-6-13-25(17-20)21-9-3-2-4-10-21/h5,7,11,15,20-21H,2-4,6,8-10,12-14,16-18H2,1H3,(H,24,27). The lowest BCUT2D eigenvalue weighted by Gasteiger charge is -2.41. The van der Waals surface area contributed by atoms with Gasteiger partial charge < -0.3 is 19.9 Å². The first-order valence-corrected chi connectivity index (χ1v) is 10.9. The van der Waals surface area contributed by atoms with Crippen molar-refractivity contribution in [2.24, 2.45) is 5.92 Å². The average molecular weight is 389 g/mol. The van der Waals surface area contributed by atoms with Crippen LogP contribution in [-0.4, -0.2) is 66.8 Å². The molecule has 1 atom stereocenters. The van der Waals surface area contributed by atoms with E-state index >= 15 is 0 Å². The maximum Gasteiger partial charge on any atom is 0.317 e. The van der Waals surface area contributed by atoms with Gasteiger partial charge in [0.15, 0.2) is 0 Å². The number of hydrogen-bond acceptors (Lipinski definition) is 4. The lowest BCUT2D eigenvalue weighted by atomic mass is 9.90. The number of piperidine rings is 1. The van der Waals surface area contributed by atoms with Gasteiger partial charge in [0.25, 0.3) is 0 Å². The fraction of sp³-hybridized carbons (Fsp3) is 0.727. The van der Waals surface area contributed by atoms with Gasteiger partial charge in [-0.05, 0) is 49.8 Å². The molecular formula is C22H36N4O2. The van der Waals surface area contributed by atoms with Crippen molar-refractivity contribution < 1.29 is 9.53 Å². The van der Waals surface area contributed by atoms with Crippen molar-refractivity contribution >= 4 is 6.03 Å². The summed E-state index contributed by atoms with van der Waals surface area (Å²) >= 11 is 0. The molecule has 28 heavy (non-hydrogen) atoms. The van der Waals surface area contributed by atoms with Gasteiger partial charge in [-0.1, -0.05) is 25.3 Å². The molecular weight excluding hydrogens is 352 g/mol. The number of hydrogen-bond donors (Lipinski definition) is 1. The Kier molecular flexibility index (Phi) is 8.55. The number of urea groups is 1. The van der Waals surface area contributed by atoms with E-state index < -0.39 is 0 Å². The van der Waals surface area contributed by atoms with E-state index in [0.717, 1.165) is 24.7 Å². The zero-order valence-electron chi connectivity index (χ0n) is 17.3. The first-order valence-electron chi connectivity index (χ1n) is 10.9. The molecule has 1 aromatic rings. The lowest BCUT2D eigenvalue weighted by molar-refractivity contribution is 0.0835. The van der Waals surface area contributed by atoms with E-state index in [0.29, 0.717) is 25.6 Å². The number of carbonyl (C=O) groups excluding carboxylic acids is 1. The minimum Gasteiger partial charge on any atom is -0.383 e. The van der Waals surface area contributed by atoms with E-state index in [1.807, 2.05) is 23.2 Å². The number of likely N-dealkylation sites (tertiary alicyclic amines) is 1. The molecule has 0 aromatic carbocycles. The maximum atomic E-state index is 12.8. The highest BCUT2D eigenvalue weighted by molar-refractivity contribution is 5.74. The summed E-state index contributed by atoms with van der Waals surface area (Å²) in [6, 6.07) is 4.73. The number of nitrogens with one attached hydrogen (secondary N) is 1. The van der Waals surface area contributed by atoms with Crippen molar-refractivity contribution in [1.29, 1.82) is 0 Å². The summed E-state index contributed by atoms with van der Waals surface area (Å²) in [5.74, 6) is 0.542. The molecule has 1 N–H and O–H groups in total. The summed E-state index contributed by atoms with van der Waals surface area (Å²) in [7, 11) is 1.65. The van der Waals surface area contributed by atoms with Crippen LogP contribution < -0.4 is 5.32 Å². The third-order valence-electron chi connectivity index (χ3n) is 6.09. The number of aromatic nitrogens is 1. The molecule has 1 aliphatic carbocycles. The summed E-state index contributed by atoms with van der Waals surface area (Å²) in [6.45, 7) is 4.83. The highest BCUT2D eigenvalue weighted by Gasteiger charge is 2.29. The van der Waals surface area contributed by atoms with Crippen molar-refractivity contribution in [2.45, 2.75) is 57.5 Å². The minimum atomic E-state index is -0.00399. The molecule has 0 spiro atoms. The van der Waals surface area contributed by atoms with Gasteiger partial charge in [0.2, 0.25) is 0 Å². The third kappa shape index (κ3) is 6.45. The second-order valence-corrected chi connectivity index (χ2v) is 8.26. The van der Waals surface area contributed by atoms with Crippen LogP contribution in [0.3, 0.4) is 0 Å². The lowest BCUT2D eigenvalue weighted by Crippen LogP contribution is -2.48. The molecule has 3 rings (SSSR count). The number of nitrogens with zero attached hydrogens (tertiary/aromatic N) is 3. The SMILES string of the molecule is COCCNC(=O)N(Cc1cccnc1)CC1CCCN(C2CCCCC2)C1. The molecule has 156 valence electrons. The Balaban J connectivity index is 1.59. The van der Waals surface area contributed by atoms with E-state index in [4.69, 9.17) is 4.74 Å². The molecule has 1 aromatic heterocycles. The fourth-order valence-corrected chi connectivity index (χ4v) is 4.64. The van der Waals surface area contributed by atoms with E-state index in [-0.39, 0.29) is 6.03 Å². The molecule has 0 bridgehead atoms. The van der Waals surface area contributed by atoms with Gasteiger partial charge >= 0.3 is 6.03 Å². The van der Waals surface area contributed by atoms with E-state index in [1.54, 1.807) is 13.3 Å². The van der Waals surface area contributed by atoms with Gasteiger partial charge in [0.1, 0.15) is 0 Å². The van der Waals surface area contributed by atoms with E-state index in [2.05, 4.69) is 15.2 Å². The molecule has 2 fully saturated rings. The first kappa shape index (κ1) is 21.1. The van der Waals surface area contributed by atoms with Crippen LogP contribution in [0.15, 0.2) is 24.5 Å². The van der Waals surface area contributed by atoms with Crippen LogP contribution in [0.5, 0.6) is 0 Å². The van der Waals surface area contributed by atoms with Gasteiger partial charge in [-0.25, -0.2) is 4.79 Å². The van der Waals surface area contributed by atoms with Gasteiger partial charge in [-0.3, -0.25) is 4.98 Å². The molecule has 6 heteroatoms. The minimum absolute atomic E-state index is 0.00399. The number of carbonyl (C=O) groups is 1. The second-order valence-electron chi connectivity index (χ2n) is 8.26. The predicted octanol–water partition coefficient (Wildman–Crippen LogP) is 3.28. The maximum absolute atomic E-state index is 12.8. The number of rotatable bonds is 8. The molecule has 1 aliphatic heterocycles. The van der Waals surface area contributed by atoms with Crippen LogP contribution in [-0.2, 0) is 11.3 Å². The Hall–Kier alpha value is -1.66. The highest BCUT2D eigenvalue weighted by atomic mass is 16.5. The van der Waals surface area contributed by atoms with Crippen LogP contribution in [0, 0.1) is 5.92 Å². The summed E-state index contributed by atoms with van der Waals surface area (Å²) in [4.78, 5) is 21.7. The largest absolute Gasteiger partial charge is 0.383 e. The van der Waals surface area contributed by atoms with Crippen molar-refractivity contribution in [3.8, 4) is 0 Å². The van der Waals surface area contributed by atoms with Crippen molar-refractivity contribution in [2.75, 3.05) is 39.9 Å². The van der Waals surface area contributed by atoms with Gasteiger partial charge in [-0.2, -0.15) is 0 Å². The number of pyridine rings is 1. The molecule has 2 amide bonds. The van der Waals surface area contributed by atoms with E-state index in [1.165, 1.54) is 51.5 Å². The third-order valence-corrected chi connectivity index (χ3v) is 6.09. The Morgan fingerprint density at radius 3 is 2.89 bits per heavy atom. The normalized spacial score (nSPS) is 21.4. The Morgan fingerprint density at radius 2 is 2.14 bits per heavy atom. The van der Waals surface area contributed by atoms with Crippen LogP contribution in [0.1, 0.15) is 50.5 Å². The Bertz CT molecular complexity index is 577. The Labute approximate surface area is 169 Å². The molecule has 1 saturated heterocycles. The number of amides is 2. The molecule has 1 saturated carbocycles. The summed E-state index contributed by atoms with van der Waals surface area (Å²) in [5.41, 5.74) is 1.07. The van der Waals surface area contributed by atoms with Crippen molar-refractivity contribution in [3.05, 3.63) is 30.1 Å². The highest BCUT2D eigenvalue weighted by Crippen LogP contribution is 2.27. The van der Waals surface area contributed by atoms with Crippen LogP contribution >= 0.6 is 0 Å². The van der Waals surface area contributed by atoms with E-state index in [9.17, 15) is 4.79 Å². The van der Waals surface area contributed by atoms with Gasteiger partial charge in [0.05, 0.1) is 6.61 Å². The quantitative estimate of drug-likeness (QED) is 0.695. The molecule has 2 heterocycles. The smallest absolute Gasteiger partial charge is 0.317 e. The summed E-state index contributed by atoms with van der Waals surface area (Å²) in [5, 5.41) is 3.00. The second kappa shape index (κ2) is 11.4. The average Bonchev–Trinajstić information content (AvgIpc) is 2.75. The Morgan fingerprint density at radius 1 is 1.29 bits per heavy atom. The van der Waals surface area contributed by atoms with Crippen LogP contribution in [0.4, 0.5) is 4.79 Å². The first-order chi connectivity index (χ1) is 13.8. The predicted molar refractivity (Wildman–Crippen MR) is 111 cm³/mol. The zero-order chi connectivity index (χ0) is 19.6. The summed E-state index contributed by atoms with van der Waals surface area (Å²) in [6.07, 6.45) is 12.9. The topological polar surface area (TPSA) is 57.7 Å². The van der Waals surface area contributed by atoms with Crippen molar-refractivity contribution in [3.63, 3.8) is 0 Å². The van der Waals surface area contributed by atoms with Crippen molar-refractivity contribution in [1.82, 2.24) is 20.1 Å².